The Hall–Kier alpha value is -3.20. The third-order valence-electron chi connectivity index (χ3n) is 3.77. The van der Waals surface area contributed by atoms with Gasteiger partial charge in [-0.15, -0.1) is 0 Å². The predicted molar refractivity (Wildman–Crippen MR) is 93.7 cm³/mol. The highest BCUT2D eigenvalue weighted by atomic mass is 16.4. The second-order valence-electron chi connectivity index (χ2n) is 6.78. The second kappa shape index (κ2) is 6.73. The van der Waals surface area contributed by atoms with Gasteiger partial charge in [0.25, 0.3) is 5.91 Å². The molecule has 1 aromatic heterocycles. The van der Waals surface area contributed by atoms with Crippen molar-refractivity contribution < 1.29 is 14.7 Å². The summed E-state index contributed by atoms with van der Waals surface area (Å²) in [6, 6.07) is 8.42. The highest BCUT2D eigenvalue weighted by Crippen LogP contribution is 2.25. The van der Waals surface area contributed by atoms with E-state index in [2.05, 4.69) is 16.4 Å². The Labute approximate surface area is 146 Å². The van der Waals surface area contributed by atoms with Gasteiger partial charge in [-0.3, -0.25) is 9.78 Å². The highest BCUT2D eigenvalue weighted by Gasteiger charge is 2.18. The van der Waals surface area contributed by atoms with Crippen molar-refractivity contribution in [3.8, 4) is 6.07 Å². The van der Waals surface area contributed by atoms with E-state index in [1.165, 1.54) is 18.3 Å². The summed E-state index contributed by atoms with van der Waals surface area (Å²) in [6.45, 7) is 7.57. The molecule has 2 aromatic rings. The van der Waals surface area contributed by atoms with Crippen molar-refractivity contribution in [1.29, 1.82) is 5.26 Å². The Bertz CT molecular complexity index is 890. The molecular weight excluding hydrogens is 318 g/mol. The van der Waals surface area contributed by atoms with E-state index in [1.54, 1.807) is 19.1 Å². The molecule has 0 unspecified atom stereocenters. The summed E-state index contributed by atoms with van der Waals surface area (Å²) in [5.74, 6) is -1.54. The van der Waals surface area contributed by atoms with Crippen molar-refractivity contribution in [2.45, 2.75) is 33.1 Å². The Morgan fingerprint density at radius 1 is 1.20 bits per heavy atom. The molecule has 0 atom stereocenters. The first-order valence-corrected chi connectivity index (χ1v) is 7.69. The van der Waals surface area contributed by atoms with E-state index in [-0.39, 0.29) is 16.7 Å². The van der Waals surface area contributed by atoms with Crippen LogP contribution in [0.2, 0.25) is 0 Å². The second-order valence-corrected chi connectivity index (χ2v) is 6.78. The highest BCUT2D eigenvalue weighted by molar-refractivity contribution is 6.05. The van der Waals surface area contributed by atoms with Crippen molar-refractivity contribution in [2.24, 2.45) is 0 Å². The first-order valence-electron chi connectivity index (χ1n) is 7.69. The number of nitrogens with one attached hydrogen (secondary N) is 1. The van der Waals surface area contributed by atoms with E-state index in [1.807, 2.05) is 20.8 Å². The van der Waals surface area contributed by atoms with Gasteiger partial charge in [0, 0.05) is 5.56 Å². The molecule has 1 amide bonds. The molecule has 25 heavy (non-hydrogen) atoms. The summed E-state index contributed by atoms with van der Waals surface area (Å²) in [5.41, 5.74) is 2.06. The van der Waals surface area contributed by atoms with E-state index in [9.17, 15) is 14.9 Å². The summed E-state index contributed by atoms with van der Waals surface area (Å²) in [5, 5.41) is 21.0. The van der Waals surface area contributed by atoms with Gasteiger partial charge in [-0.25, -0.2) is 4.79 Å². The fourth-order valence-electron chi connectivity index (χ4n) is 2.28. The maximum atomic E-state index is 12.5. The minimum atomic E-state index is -1.11. The quantitative estimate of drug-likeness (QED) is 0.892. The number of carbonyl (C=O) groups excluding carboxylic acids is 1. The molecule has 0 aliphatic carbocycles. The van der Waals surface area contributed by atoms with Crippen LogP contribution in [0.3, 0.4) is 0 Å². The average Bonchev–Trinajstić information content (AvgIpc) is 2.55. The third-order valence-corrected chi connectivity index (χ3v) is 3.77. The van der Waals surface area contributed by atoms with Crippen LogP contribution in [0, 0.1) is 18.3 Å². The van der Waals surface area contributed by atoms with Crippen molar-refractivity contribution in [2.75, 3.05) is 5.32 Å². The lowest BCUT2D eigenvalue weighted by Crippen LogP contribution is -2.17. The summed E-state index contributed by atoms with van der Waals surface area (Å²) in [4.78, 5) is 27.7. The van der Waals surface area contributed by atoms with Crippen LogP contribution in [-0.2, 0) is 5.41 Å². The molecule has 0 aliphatic heterocycles. The molecule has 0 aliphatic rings. The van der Waals surface area contributed by atoms with Gasteiger partial charge in [0.05, 0.1) is 34.8 Å². The maximum absolute atomic E-state index is 12.5. The lowest BCUT2D eigenvalue weighted by molar-refractivity contribution is 0.0695. The van der Waals surface area contributed by atoms with Crippen LogP contribution < -0.4 is 5.32 Å². The summed E-state index contributed by atoms with van der Waals surface area (Å²) in [7, 11) is 0. The van der Waals surface area contributed by atoms with Crippen LogP contribution >= 0.6 is 0 Å². The number of nitriles is 1. The van der Waals surface area contributed by atoms with Gasteiger partial charge in [0.1, 0.15) is 0 Å². The molecule has 6 nitrogen and oxygen atoms in total. The number of pyridine rings is 1. The summed E-state index contributed by atoms with van der Waals surface area (Å²) in [6.07, 6.45) is 1.40. The lowest BCUT2D eigenvalue weighted by Gasteiger charge is -2.20. The van der Waals surface area contributed by atoms with Gasteiger partial charge in [0.2, 0.25) is 0 Å². The topological polar surface area (TPSA) is 103 Å². The Balaban J connectivity index is 2.37. The van der Waals surface area contributed by atoms with E-state index in [0.717, 1.165) is 5.56 Å². The molecule has 2 rings (SSSR count). The smallest absolute Gasteiger partial charge is 0.337 e. The number of aryl methyl sites for hydroxylation is 1. The number of carbonyl (C=O) groups is 2. The molecule has 0 saturated heterocycles. The van der Waals surface area contributed by atoms with Gasteiger partial charge in [-0.2, -0.15) is 5.26 Å². The molecule has 1 heterocycles. The summed E-state index contributed by atoms with van der Waals surface area (Å²) >= 11 is 0. The van der Waals surface area contributed by atoms with Crippen molar-refractivity contribution in [3.63, 3.8) is 0 Å². The van der Waals surface area contributed by atoms with Gasteiger partial charge in [-0.05, 0) is 42.2 Å². The largest absolute Gasteiger partial charge is 0.478 e. The zero-order chi connectivity index (χ0) is 18.8. The van der Waals surface area contributed by atoms with E-state index in [4.69, 9.17) is 5.11 Å². The number of aromatic nitrogens is 1. The van der Waals surface area contributed by atoms with E-state index < -0.39 is 11.9 Å². The van der Waals surface area contributed by atoms with E-state index >= 15 is 0 Å². The van der Waals surface area contributed by atoms with E-state index in [0.29, 0.717) is 16.8 Å². The molecule has 0 saturated carbocycles. The molecule has 0 spiro atoms. The Morgan fingerprint density at radius 2 is 1.88 bits per heavy atom. The standard InChI is InChI=1S/C19H19N3O3/c1-11-16(18(24)25)8-15(10-21-11)22-17(23)13-5-12(9-20)6-14(7-13)19(2,3)4/h5-8,10H,1-4H3,(H,22,23)(H,24,25). The normalized spacial score (nSPS) is 10.8. The van der Waals surface area contributed by atoms with Gasteiger partial charge >= 0.3 is 5.97 Å². The van der Waals surface area contributed by atoms with Crippen LogP contribution in [0.5, 0.6) is 0 Å². The number of carboxylic acids is 1. The average molecular weight is 337 g/mol. The number of amides is 1. The van der Waals surface area contributed by atoms with Gasteiger partial charge in [-0.1, -0.05) is 20.8 Å². The molecule has 0 bridgehead atoms. The molecule has 6 heteroatoms. The van der Waals surface area contributed by atoms with Crippen molar-refractivity contribution in [1.82, 2.24) is 4.98 Å². The first-order chi connectivity index (χ1) is 11.6. The van der Waals surface area contributed by atoms with Crippen LogP contribution in [0.1, 0.15) is 58.3 Å². The number of benzene rings is 1. The fraction of sp³-hybridized carbons (Fsp3) is 0.263. The van der Waals surface area contributed by atoms with Gasteiger partial charge in [0.15, 0.2) is 0 Å². The third kappa shape index (κ3) is 4.21. The number of aromatic carboxylic acids is 1. The fourth-order valence-corrected chi connectivity index (χ4v) is 2.28. The molecular formula is C19H19N3O3. The van der Waals surface area contributed by atoms with Crippen molar-refractivity contribution in [3.05, 3.63) is 58.4 Å². The predicted octanol–water partition coefficient (Wildman–Crippen LogP) is 3.51. The van der Waals surface area contributed by atoms with Crippen LogP contribution in [-0.4, -0.2) is 22.0 Å². The molecule has 1 aromatic carbocycles. The Morgan fingerprint density at radius 3 is 2.44 bits per heavy atom. The van der Waals surface area contributed by atoms with Crippen LogP contribution in [0.15, 0.2) is 30.5 Å². The number of hydrogen-bond acceptors (Lipinski definition) is 4. The van der Waals surface area contributed by atoms with Crippen molar-refractivity contribution >= 4 is 17.6 Å². The lowest BCUT2D eigenvalue weighted by atomic mass is 9.85. The minimum Gasteiger partial charge on any atom is -0.478 e. The van der Waals surface area contributed by atoms with Gasteiger partial charge < -0.3 is 10.4 Å². The zero-order valence-electron chi connectivity index (χ0n) is 14.5. The molecule has 0 fully saturated rings. The monoisotopic (exact) mass is 337 g/mol. The number of nitrogens with zero attached hydrogens (tertiary/aromatic N) is 2. The Kier molecular flexibility index (Phi) is 4.89. The first kappa shape index (κ1) is 18.1. The number of hydrogen-bond donors (Lipinski definition) is 2. The number of anilines is 1. The van der Waals surface area contributed by atoms with Crippen LogP contribution in [0.25, 0.3) is 0 Å². The van der Waals surface area contributed by atoms with Crippen LogP contribution in [0.4, 0.5) is 5.69 Å². The minimum absolute atomic E-state index is 0.0268. The number of carboxylic acid groups (broad SMARTS) is 1. The maximum Gasteiger partial charge on any atom is 0.337 e. The zero-order valence-corrected chi connectivity index (χ0v) is 14.5. The molecule has 128 valence electrons. The summed E-state index contributed by atoms with van der Waals surface area (Å²) < 4.78 is 0. The molecule has 2 N–H and O–H groups in total. The SMILES string of the molecule is Cc1ncc(NC(=O)c2cc(C#N)cc(C(C)(C)C)c2)cc1C(=O)O. The number of rotatable bonds is 3. The molecule has 0 radical (unpaired) electrons.